The zero-order chi connectivity index (χ0) is 25.9. The Morgan fingerprint density at radius 3 is 2.14 bits per heavy atom. The molecule has 1 N–H and O–H groups in total. The fourth-order valence-corrected chi connectivity index (χ4v) is 4.76. The highest BCUT2D eigenvalue weighted by Gasteiger charge is 2.44. The number of hydrogen-bond acceptors (Lipinski definition) is 3. The van der Waals surface area contributed by atoms with E-state index < -0.39 is 17.8 Å². The highest BCUT2D eigenvalue weighted by molar-refractivity contribution is 6.04. The van der Waals surface area contributed by atoms with Gasteiger partial charge in [-0.2, -0.15) is 0 Å². The number of carbonyl (C=O) groups is 2. The molecule has 1 heterocycles. The number of halogens is 2. The second-order valence-corrected chi connectivity index (χ2v) is 8.84. The largest absolute Gasteiger partial charge is 0.497 e. The molecule has 2 atom stereocenters. The summed E-state index contributed by atoms with van der Waals surface area (Å²) < 4.78 is 32.3. The summed E-state index contributed by atoms with van der Waals surface area (Å²) >= 11 is 0. The van der Waals surface area contributed by atoms with Crippen molar-refractivity contribution in [3.8, 4) is 5.75 Å². The molecule has 0 spiro atoms. The van der Waals surface area contributed by atoms with Crippen LogP contribution in [0, 0.1) is 11.6 Å². The average molecular weight is 499 g/mol. The summed E-state index contributed by atoms with van der Waals surface area (Å²) in [6.45, 7) is 0.171. The summed E-state index contributed by atoms with van der Waals surface area (Å²) in [5.74, 6) is -1.48. The molecule has 186 valence electrons. The lowest BCUT2D eigenvalue weighted by Gasteiger charge is -2.42. The molecule has 0 radical (unpaired) electrons. The van der Waals surface area contributed by atoms with Crippen molar-refractivity contribution in [2.75, 3.05) is 12.4 Å². The summed E-state index contributed by atoms with van der Waals surface area (Å²) in [4.78, 5) is 29.3. The maximum atomic E-state index is 13.9. The summed E-state index contributed by atoms with van der Waals surface area (Å²) in [7, 11) is 1.56. The van der Waals surface area contributed by atoms with Crippen LogP contribution in [0.15, 0.2) is 97.1 Å². The number of methoxy groups -OCH3 is 1. The van der Waals surface area contributed by atoms with Gasteiger partial charge in [0.05, 0.1) is 19.1 Å². The van der Waals surface area contributed by atoms with Gasteiger partial charge >= 0.3 is 0 Å². The molecule has 0 saturated heterocycles. The van der Waals surface area contributed by atoms with E-state index in [0.29, 0.717) is 22.6 Å². The third-order valence-corrected chi connectivity index (χ3v) is 6.56. The van der Waals surface area contributed by atoms with E-state index in [4.69, 9.17) is 4.74 Å². The molecule has 0 aliphatic carbocycles. The number of amides is 2. The molecule has 7 heteroatoms. The van der Waals surface area contributed by atoms with Gasteiger partial charge in [-0.25, -0.2) is 8.78 Å². The number of ether oxygens (including phenoxy) is 1. The Balaban J connectivity index is 1.62. The van der Waals surface area contributed by atoms with Crippen molar-refractivity contribution < 1.29 is 23.1 Å². The molecule has 4 aromatic carbocycles. The molecule has 0 unspecified atom stereocenters. The third-order valence-electron chi connectivity index (χ3n) is 6.56. The summed E-state index contributed by atoms with van der Waals surface area (Å²) in [6.07, 6.45) is 0. The van der Waals surface area contributed by atoms with Crippen LogP contribution in [0.25, 0.3) is 0 Å². The van der Waals surface area contributed by atoms with E-state index >= 15 is 0 Å². The highest BCUT2D eigenvalue weighted by Crippen LogP contribution is 2.44. The van der Waals surface area contributed by atoms with Crippen LogP contribution in [0.2, 0.25) is 0 Å². The first-order valence-electron chi connectivity index (χ1n) is 11.8. The van der Waals surface area contributed by atoms with Gasteiger partial charge in [-0.05, 0) is 71.3 Å². The van der Waals surface area contributed by atoms with Crippen molar-refractivity contribution in [2.24, 2.45) is 0 Å². The van der Waals surface area contributed by atoms with E-state index in [9.17, 15) is 18.4 Å². The second-order valence-electron chi connectivity index (χ2n) is 8.84. The minimum absolute atomic E-state index is 0.171. The Hall–Kier alpha value is -4.52. The standard InChI is InChI=1S/C30H24F2N2O3/c1-37-24-16-8-20(9-17-24)28-27(29(35)33-23-14-12-22(32)13-15-23)25-4-2-3-5-26(25)30(36)34(28)18-19-6-10-21(31)11-7-19/h2-17,27-28H,18H2,1H3,(H,33,35)/t27-,28-/m0/s1. The first kappa shape index (κ1) is 24.2. The van der Waals surface area contributed by atoms with Gasteiger partial charge in [0.1, 0.15) is 17.4 Å². The average Bonchev–Trinajstić information content (AvgIpc) is 2.92. The van der Waals surface area contributed by atoms with Gasteiger partial charge in [0.2, 0.25) is 5.91 Å². The molecule has 5 rings (SSSR count). The first-order valence-corrected chi connectivity index (χ1v) is 11.8. The monoisotopic (exact) mass is 498 g/mol. The van der Waals surface area contributed by atoms with Crippen LogP contribution < -0.4 is 10.1 Å². The number of carbonyl (C=O) groups excluding carboxylic acids is 2. The zero-order valence-corrected chi connectivity index (χ0v) is 20.0. The molecular formula is C30H24F2N2O3. The normalized spacial score (nSPS) is 16.7. The van der Waals surface area contributed by atoms with Crippen molar-refractivity contribution in [3.63, 3.8) is 0 Å². The van der Waals surface area contributed by atoms with Gasteiger partial charge < -0.3 is 15.0 Å². The fraction of sp³-hybridized carbons (Fsp3) is 0.133. The maximum absolute atomic E-state index is 13.9. The number of fused-ring (bicyclic) bond motifs is 1. The van der Waals surface area contributed by atoms with E-state index in [1.54, 1.807) is 60.5 Å². The fourth-order valence-electron chi connectivity index (χ4n) is 4.76. The minimum Gasteiger partial charge on any atom is -0.497 e. The summed E-state index contributed by atoms with van der Waals surface area (Å²) in [5, 5.41) is 2.89. The Morgan fingerprint density at radius 2 is 1.49 bits per heavy atom. The molecule has 0 fully saturated rings. The molecule has 1 aliphatic rings. The van der Waals surface area contributed by atoms with Crippen LogP contribution in [0.3, 0.4) is 0 Å². The Morgan fingerprint density at radius 1 is 0.865 bits per heavy atom. The minimum atomic E-state index is -0.771. The Kier molecular flexibility index (Phi) is 6.68. The molecule has 0 saturated carbocycles. The van der Waals surface area contributed by atoms with Crippen LogP contribution in [-0.4, -0.2) is 23.8 Å². The molecule has 0 aromatic heterocycles. The van der Waals surface area contributed by atoms with Crippen molar-refractivity contribution in [1.29, 1.82) is 0 Å². The van der Waals surface area contributed by atoms with E-state index in [1.165, 1.54) is 36.4 Å². The maximum Gasteiger partial charge on any atom is 0.255 e. The first-order chi connectivity index (χ1) is 17.9. The van der Waals surface area contributed by atoms with Gasteiger partial charge in [0.25, 0.3) is 5.91 Å². The van der Waals surface area contributed by atoms with Gasteiger partial charge in [-0.15, -0.1) is 0 Å². The third kappa shape index (κ3) is 4.93. The van der Waals surface area contributed by atoms with Gasteiger partial charge in [-0.1, -0.05) is 42.5 Å². The molecular weight excluding hydrogens is 474 g/mol. The second kappa shape index (κ2) is 10.2. The number of hydrogen-bond donors (Lipinski definition) is 1. The lowest BCUT2D eigenvalue weighted by molar-refractivity contribution is -0.119. The SMILES string of the molecule is COc1ccc([C@H]2[C@@H](C(=O)Nc3ccc(F)cc3)c3ccccc3C(=O)N2Cc2ccc(F)cc2)cc1. The molecule has 0 bridgehead atoms. The van der Waals surface area contributed by atoms with Gasteiger partial charge in [0.15, 0.2) is 0 Å². The van der Waals surface area contributed by atoms with Gasteiger partial charge in [0, 0.05) is 17.8 Å². The Labute approximate surface area is 213 Å². The molecule has 5 nitrogen and oxygen atoms in total. The van der Waals surface area contributed by atoms with E-state index in [2.05, 4.69) is 5.32 Å². The summed E-state index contributed by atoms with van der Waals surface area (Å²) in [5.41, 5.74) is 2.94. The van der Waals surface area contributed by atoms with Gasteiger partial charge in [-0.3, -0.25) is 9.59 Å². The van der Waals surface area contributed by atoms with E-state index in [-0.39, 0.29) is 24.2 Å². The summed E-state index contributed by atoms with van der Waals surface area (Å²) in [6, 6.07) is 25.1. The Bertz CT molecular complexity index is 1420. The lowest BCUT2D eigenvalue weighted by Crippen LogP contribution is -2.45. The van der Waals surface area contributed by atoms with Crippen LogP contribution >= 0.6 is 0 Å². The predicted molar refractivity (Wildman–Crippen MR) is 136 cm³/mol. The number of nitrogens with one attached hydrogen (secondary N) is 1. The molecule has 2 amide bonds. The number of anilines is 1. The van der Waals surface area contributed by atoms with Crippen LogP contribution in [0.4, 0.5) is 14.5 Å². The van der Waals surface area contributed by atoms with Crippen molar-refractivity contribution in [1.82, 2.24) is 4.90 Å². The van der Waals surface area contributed by atoms with Crippen LogP contribution in [0.5, 0.6) is 5.75 Å². The van der Waals surface area contributed by atoms with Crippen molar-refractivity contribution in [3.05, 3.63) is 131 Å². The molecule has 1 aliphatic heterocycles. The predicted octanol–water partition coefficient (Wildman–Crippen LogP) is 6.09. The van der Waals surface area contributed by atoms with E-state index in [0.717, 1.165) is 11.1 Å². The van der Waals surface area contributed by atoms with Crippen molar-refractivity contribution in [2.45, 2.75) is 18.5 Å². The smallest absolute Gasteiger partial charge is 0.255 e. The number of benzene rings is 4. The number of rotatable bonds is 6. The topological polar surface area (TPSA) is 58.6 Å². The van der Waals surface area contributed by atoms with Crippen LogP contribution in [-0.2, 0) is 11.3 Å². The lowest BCUT2D eigenvalue weighted by atomic mass is 9.79. The zero-order valence-electron chi connectivity index (χ0n) is 20.0. The van der Waals surface area contributed by atoms with E-state index in [1.807, 2.05) is 12.1 Å². The highest BCUT2D eigenvalue weighted by atomic mass is 19.1. The molecule has 37 heavy (non-hydrogen) atoms. The van der Waals surface area contributed by atoms with Crippen LogP contribution in [0.1, 0.15) is 39.0 Å². The quantitative estimate of drug-likeness (QED) is 0.350. The molecule has 4 aromatic rings. The van der Waals surface area contributed by atoms with Crippen molar-refractivity contribution >= 4 is 17.5 Å². The number of nitrogens with zero attached hydrogens (tertiary/aromatic N) is 1.